The molecule has 0 aromatic heterocycles. The molecule has 0 unspecified atom stereocenters. The molecule has 0 N–H and O–H groups in total. The Labute approximate surface area is 130 Å². The van der Waals surface area contributed by atoms with Gasteiger partial charge in [-0.05, 0) is 52.1 Å². The largest absolute Gasteiger partial charge is 0.298 e. The predicted molar refractivity (Wildman–Crippen MR) is 86.8 cm³/mol. The summed E-state index contributed by atoms with van der Waals surface area (Å²) in [5, 5.41) is 0. The van der Waals surface area contributed by atoms with E-state index >= 15 is 0 Å². The monoisotopic (exact) mass is 337 g/mol. The number of nitrogens with zero attached hydrogens (tertiary/aromatic N) is 1. The van der Waals surface area contributed by atoms with Crippen LogP contribution in [0.1, 0.15) is 26.3 Å². The summed E-state index contributed by atoms with van der Waals surface area (Å²) in [7, 11) is 1.96. The zero-order valence-electron chi connectivity index (χ0n) is 12.5. The molecule has 1 rings (SSSR count). The van der Waals surface area contributed by atoms with Gasteiger partial charge in [0.25, 0.3) is 0 Å². The molecule has 1 nitrogen and oxygen atoms in total. The van der Waals surface area contributed by atoms with Crippen LogP contribution in [0.3, 0.4) is 0 Å². The summed E-state index contributed by atoms with van der Waals surface area (Å²) in [6, 6.07) is 5.01. The van der Waals surface area contributed by atoms with Gasteiger partial charge in [-0.15, -0.1) is 0 Å². The Balaban J connectivity index is 2.51. The maximum Gasteiger partial charge on any atom is 0.127 e. The molecule has 0 aliphatic rings. The Morgan fingerprint density at radius 3 is 2.70 bits per heavy atom. The van der Waals surface area contributed by atoms with E-state index in [2.05, 4.69) is 48.5 Å². The zero-order valence-corrected chi connectivity index (χ0v) is 14.1. The third kappa shape index (κ3) is 6.88. The van der Waals surface area contributed by atoms with Crippen molar-refractivity contribution in [2.45, 2.75) is 27.3 Å². The highest BCUT2D eigenvalue weighted by molar-refractivity contribution is 9.10. The van der Waals surface area contributed by atoms with Gasteiger partial charge in [0.05, 0.1) is 0 Å². The molecule has 1 aromatic carbocycles. The quantitative estimate of drug-likeness (QED) is 0.724. The van der Waals surface area contributed by atoms with E-state index < -0.39 is 0 Å². The van der Waals surface area contributed by atoms with Crippen LogP contribution >= 0.6 is 15.9 Å². The van der Waals surface area contributed by atoms with Crippen molar-refractivity contribution in [3.05, 3.63) is 46.2 Å². The van der Waals surface area contributed by atoms with Crippen LogP contribution in [0.25, 0.3) is 0 Å². The van der Waals surface area contributed by atoms with Crippen molar-refractivity contribution >= 4 is 15.9 Å². The summed E-state index contributed by atoms with van der Waals surface area (Å²) in [6.07, 6.45) is 3.85. The first-order valence-corrected chi connectivity index (χ1v) is 7.37. The first kappa shape index (κ1) is 16.9. The van der Waals surface area contributed by atoms with E-state index in [0.717, 1.165) is 11.0 Å². The average molecular weight is 338 g/mol. The molecule has 0 bridgehead atoms. The Morgan fingerprint density at radius 1 is 1.35 bits per heavy atom. The van der Waals surface area contributed by atoms with E-state index in [4.69, 9.17) is 0 Å². The van der Waals surface area contributed by atoms with E-state index in [0.29, 0.717) is 12.1 Å². The first-order valence-electron chi connectivity index (χ1n) is 6.58. The number of hydrogen-bond donors (Lipinski definition) is 0. The molecule has 1 aromatic rings. The van der Waals surface area contributed by atoms with Gasteiger partial charge in [0.2, 0.25) is 0 Å². The standard InChI is InChI=1S/C17H21BrFN/c1-17(2,3)10-6-5-7-11-20(4)13-14-12-15(18)8-9-16(14)19/h5,7-9,12H,11,13H2,1-4H3. The van der Waals surface area contributed by atoms with Crippen molar-refractivity contribution in [1.82, 2.24) is 4.90 Å². The second kappa shape index (κ2) is 7.61. The molecule has 0 aliphatic carbocycles. The Bertz CT molecular complexity index is 532. The van der Waals surface area contributed by atoms with E-state index in [1.54, 1.807) is 6.07 Å². The van der Waals surface area contributed by atoms with Crippen LogP contribution in [-0.4, -0.2) is 18.5 Å². The minimum Gasteiger partial charge on any atom is -0.298 e. The lowest BCUT2D eigenvalue weighted by atomic mass is 9.98. The van der Waals surface area contributed by atoms with Crippen LogP contribution in [0, 0.1) is 23.1 Å². The molecule has 108 valence electrons. The summed E-state index contributed by atoms with van der Waals surface area (Å²) < 4.78 is 14.5. The number of benzene rings is 1. The fraction of sp³-hybridized carbons (Fsp3) is 0.412. The highest BCUT2D eigenvalue weighted by Crippen LogP contribution is 2.16. The molecule has 0 amide bonds. The lowest BCUT2D eigenvalue weighted by Crippen LogP contribution is -2.18. The van der Waals surface area contributed by atoms with Crippen LogP contribution in [-0.2, 0) is 6.54 Å². The molecule has 0 fully saturated rings. The number of likely N-dealkylation sites (N-methyl/N-ethyl adjacent to an activating group) is 1. The highest BCUT2D eigenvalue weighted by Gasteiger charge is 2.05. The fourth-order valence-electron chi connectivity index (χ4n) is 1.57. The van der Waals surface area contributed by atoms with E-state index in [1.165, 1.54) is 6.07 Å². The maximum absolute atomic E-state index is 13.6. The molecule has 0 atom stereocenters. The number of hydrogen-bond acceptors (Lipinski definition) is 1. The molecule has 20 heavy (non-hydrogen) atoms. The summed E-state index contributed by atoms with van der Waals surface area (Å²) in [5.41, 5.74) is 0.714. The second-order valence-electron chi connectivity index (χ2n) is 5.85. The third-order valence-electron chi connectivity index (χ3n) is 2.51. The van der Waals surface area contributed by atoms with Crippen LogP contribution in [0.15, 0.2) is 34.8 Å². The van der Waals surface area contributed by atoms with Crippen LogP contribution < -0.4 is 0 Å². The van der Waals surface area contributed by atoms with Crippen LogP contribution in [0.5, 0.6) is 0 Å². The fourth-order valence-corrected chi connectivity index (χ4v) is 1.98. The van der Waals surface area contributed by atoms with Gasteiger partial charge in [0, 0.05) is 28.5 Å². The maximum atomic E-state index is 13.6. The smallest absolute Gasteiger partial charge is 0.127 e. The van der Waals surface area contributed by atoms with Gasteiger partial charge < -0.3 is 0 Å². The molecule has 0 aliphatic heterocycles. The van der Waals surface area contributed by atoms with Crippen molar-refractivity contribution in [3.8, 4) is 11.8 Å². The molecule has 0 heterocycles. The van der Waals surface area contributed by atoms with Gasteiger partial charge in [0.15, 0.2) is 0 Å². The number of rotatable bonds is 4. The van der Waals surface area contributed by atoms with Gasteiger partial charge in [-0.1, -0.05) is 33.8 Å². The Hall–Kier alpha value is -1.11. The van der Waals surface area contributed by atoms with Gasteiger partial charge in [-0.25, -0.2) is 4.39 Å². The highest BCUT2D eigenvalue weighted by atomic mass is 79.9. The van der Waals surface area contributed by atoms with Gasteiger partial charge >= 0.3 is 0 Å². The van der Waals surface area contributed by atoms with Gasteiger partial charge in [0.1, 0.15) is 5.82 Å². The molecular formula is C17H21BrFN. The number of halogens is 2. The van der Waals surface area contributed by atoms with E-state index in [9.17, 15) is 4.39 Å². The summed E-state index contributed by atoms with van der Waals surface area (Å²) in [4.78, 5) is 2.04. The van der Waals surface area contributed by atoms with Crippen molar-refractivity contribution in [2.75, 3.05) is 13.6 Å². The minimum atomic E-state index is -0.170. The van der Waals surface area contributed by atoms with Crippen molar-refractivity contribution in [3.63, 3.8) is 0 Å². The van der Waals surface area contributed by atoms with E-state index in [-0.39, 0.29) is 11.2 Å². The molecule has 3 heteroatoms. The van der Waals surface area contributed by atoms with Gasteiger partial charge in [-0.2, -0.15) is 0 Å². The van der Waals surface area contributed by atoms with Crippen molar-refractivity contribution < 1.29 is 4.39 Å². The summed E-state index contributed by atoms with van der Waals surface area (Å²) >= 11 is 3.36. The van der Waals surface area contributed by atoms with E-state index in [1.807, 2.05) is 30.2 Å². The SMILES string of the molecule is CN(CC=CC#CC(C)(C)C)Cc1cc(Br)ccc1F. The van der Waals surface area contributed by atoms with Crippen LogP contribution in [0.4, 0.5) is 4.39 Å². The normalized spacial score (nSPS) is 11.8. The molecule has 0 saturated heterocycles. The van der Waals surface area contributed by atoms with Gasteiger partial charge in [-0.3, -0.25) is 4.90 Å². The first-order chi connectivity index (χ1) is 9.28. The topological polar surface area (TPSA) is 3.24 Å². The minimum absolute atomic E-state index is 0.0235. The van der Waals surface area contributed by atoms with Crippen molar-refractivity contribution in [2.24, 2.45) is 5.41 Å². The number of allylic oxidation sites excluding steroid dienone is 1. The molecule has 0 spiro atoms. The van der Waals surface area contributed by atoms with Crippen molar-refractivity contribution in [1.29, 1.82) is 0 Å². The van der Waals surface area contributed by atoms with Crippen LogP contribution in [0.2, 0.25) is 0 Å². The third-order valence-corrected chi connectivity index (χ3v) is 3.01. The summed E-state index contributed by atoms with van der Waals surface area (Å²) in [6.45, 7) is 7.55. The predicted octanol–water partition coefficient (Wildman–Crippen LogP) is 4.63. The second-order valence-corrected chi connectivity index (χ2v) is 6.77. The zero-order chi connectivity index (χ0) is 15.2. The summed E-state index contributed by atoms with van der Waals surface area (Å²) in [5.74, 6) is 6.00. The Kier molecular flexibility index (Phi) is 6.45. The lowest BCUT2D eigenvalue weighted by Gasteiger charge is -2.14. The lowest BCUT2D eigenvalue weighted by molar-refractivity contribution is 0.356. The molecule has 0 saturated carbocycles. The molecular weight excluding hydrogens is 317 g/mol. The Morgan fingerprint density at radius 2 is 2.05 bits per heavy atom. The molecule has 0 radical (unpaired) electrons. The average Bonchev–Trinajstić information content (AvgIpc) is 2.32.